The smallest absolute Gasteiger partial charge is 0.265 e. The van der Waals surface area contributed by atoms with E-state index in [4.69, 9.17) is 4.55 Å². The molecule has 2 aliphatic carbocycles. The lowest BCUT2D eigenvalue weighted by molar-refractivity contribution is -0.128. The number of hydrogen-bond donors (Lipinski definition) is 1. The Morgan fingerprint density at radius 2 is 1.94 bits per heavy atom. The van der Waals surface area contributed by atoms with Gasteiger partial charge in [0, 0.05) is 9.84 Å². The van der Waals surface area contributed by atoms with Gasteiger partial charge in [-0.2, -0.15) is 8.42 Å². The van der Waals surface area contributed by atoms with Crippen molar-refractivity contribution in [2.75, 3.05) is 5.75 Å². The molecule has 2 aliphatic rings. The van der Waals surface area contributed by atoms with Crippen molar-refractivity contribution in [2.45, 2.75) is 36.5 Å². The molecule has 0 spiro atoms. The van der Waals surface area contributed by atoms with Gasteiger partial charge in [0.15, 0.2) is 0 Å². The van der Waals surface area contributed by atoms with Crippen molar-refractivity contribution in [3.05, 3.63) is 0 Å². The van der Waals surface area contributed by atoms with Gasteiger partial charge >= 0.3 is 0 Å². The molecule has 0 aromatic carbocycles. The second-order valence-electron chi connectivity index (χ2n) is 5.50. The molecule has 2 fully saturated rings. The van der Waals surface area contributed by atoms with Gasteiger partial charge in [0.2, 0.25) is 0 Å². The molecule has 0 aromatic heterocycles. The predicted molar refractivity (Wildman–Crippen MR) is 68.2 cm³/mol. The van der Waals surface area contributed by atoms with E-state index in [9.17, 15) is 13.2 Å². The van der Waals surface area contributed by atoms with Crippen molar-refractivity contribution in [3.63, 3.8) is 0 Å². The van der Waals surface area contributed by atoms with Gasteiger partial charge in [-0.05, 0) is 18.3 Å². The van der Waals surface area contributed by atoms with Crippen LogP contribution in [0.15, 0.2) is 0 Å². The Bertz CT molecular complexity index is 455. The summed E-state index contributed by atoms with van der Waals surface area (Å²) < 4.78 is 31.1. The second kappa shape index (κ2) is 3.20. The van der Waals surface area contributed by atoms with Crippen molar-refractivity contribution < 1.29 is 17.8 Å². The van der Waals surface area contributed by atoms with E-state index in [-0.39, 0.29) is 14.6 Å². The van der Waals surface area contributed by atoms with Gasteiger partial charge in [0.25, 0.3) is 10.1 Å². The summed E-state index contributed by atoms with van der Waals surface area (Å²) in [5.41, 5.74) is -1.24. The number of rotatable bonds is 2. The summed E-state index contributed by atoms with van der Waals surface area (Å²) in [5, 5.41) is 0. The minimum absolute atomic E-state index is 0.00391. The highest BCUT2D eigenvalue weighted by atomic mass is 127. The maximum Gasteiger partial charge on any atom is 0.265 e. The standard InChI is InChI=1S/C10H15IO4S/c1-8(2)9(6-16(13,14)15)3-4-10(8,11)5-7(9)12/h3-6H2,1-2H3,(H,13,14,15). The van der Waals surface area contributed by atoms with Gasteiger partial charge in [-0.1, -0.05) is 36.4 Å². The third-order valence-electron chi connectivity index (χ3n) is 4.67. The molecule has 2 bridgehead atoms. The summed E-state index contributed by atoms with van der Waals surface area (Å²) in [7, 11) is -4.11. The molecule has 2 rings (SSSR count). The SMILES string of the molecule is CC1(C)C2(I)CCC1(CS(=O)(=O)O)C(=O)C2. The van der Waals surface area contributed by atoms with Gasteiger partial charge in [-0.15, -0.1) is 0 Å². The average Bonchev–Trinajstić information content (AvgIpc) is 2.30. The van der Waals surface area contributed by atoms with Crippen LogP contribution in [0, 0.1) is 10.8 Å². The Labute approximate surface area is 109 Å². The molecule has 16 heavy (non-hydrogen) atoms. The van der Waals surface area contributed by atoms with Gasteiger partial charge in [0.05, 0.1) is 11.2 Å². The molecule has 0 aliphatic heterocycles. The highest BCUT2D eigenvalue weighted by Gasteiger charge is 2.71. The van der Waals surface area contributed by atoms with Crippen LogP contribution in [0.5, 0.6) is 0 Å². The first-order valence-corrected chi connectivity index (χ1v) is 7.90. The molecule has 0 aromatic rings. The van der Waals surface area contributed by atoms with E-state index in [1.54, 1.807) is 0 Å². The minimum Gasteiger partial charge on any atom is -0.299 e. The number of halogens is 1. The first kappa shape index (κ1) is 12.8. The van der Waals surface area contributed by atoms with Crippen LogP contribution in [0.2, 0.25) is 0 Å². The molecule has 2 saturated carbocycles. The van der Waals surface area contributed by atoms with E-state index in [1.165, 1.54) is 0 Å². The number of alkyl halides is 1. The molecule has 0 saturated heterocycles. The fraction of sp³-hybridized carbons (Fsp3) is 0.900. The lowest BCUT2D eigenvalue weighted by Crippen LogP contribution is -2.43. The zero-order valence-corrected chi connectivity index (χ0v) is 12.3. The van der Waals surface area contributed by atoms with E-state index >= 15 is 0 Å². The van der Waals surface area contributed by atoms with Crippen LogP contribution in [0.25, 0.3) is 0 Å². The summed E-state index contributed by atoms with van der Waals surface area (Å²) in [6.45, 7) is 3.89. The van der Waals surface area contributed by atoms with Gasteiger partial charge in [-0.3, -0.25) is 9.35 Å². The summed E-state index contributed by atoms with van der Waals surface area (Å²) in [6, 6.07) is 0. The first-order valence-electron chi connectivity index (χ1n) is 5.22. The lowest BCUT2D eigenvalue weighted by Gasteiger charge is -2.37. The van der Waals surface area contributed by atoms with Gasteiger partial charge in [-0.25, -0.2) is 0 Å². The molecule has 0 amide bonds. The van der Waals surface area contributed by atoms with E-state index in [0.29, 0.717) is 12.8 Å². The van der Waals surface area contributed by atoms with E-state index in [2.05, 4.69) is 22.6 Å². The molecule has 1 N–H and O–H groups in total. The maximum absolute atomic E-state index is 12.1. The zero-order chi connectivity index (χ0) is 12.4. The molecule has 0 heterocycles. The molecule has 92 valence electrons. The van der Waals surface area contributed by atoms with Crippen molar-refractivity contribution >= 4 is 38.5 Å². The normalized spacial score (nSPS) is 41.6. The monoisotopic (exact) mass is 358 g/mol. The number of carbonyl (C=O) groups excluding carboxylic acids is 1. The minimum atomic E-state index is -4.11. The zero-order valence-electron chi connectivity index (χ0n) is 9.29. The van der Waals surface area contributed by atoms with E-state index in [1.807, 2.05) is 13.8 Å². The van der Waals surface area contributed by atoms with Crippen LogP contribution in [0.4, 0.5) is 0 Å². The van der Waals surface area contributed by atoms with Crippen LogP contribution >= 0.6 is 22.6 Å². The number of carbonyl (C=O) groups is 1. The lowest BCUT2D eigenvalue weighted by atomic mass is 9.70. The van der Waals surface area contributed by atoms with Crippen molar-refractivity contribution in [1.82, 2.24) is 0 Å². The van der Waals surface area contributed by atoms with Crippen LogP contribution < -0.4 is 0 Å². The van der Waals surface area contributed by atoms with Crippen molar-refractivity contribution in [1.29, 1.82) is 0 Å². The first-order chi connectivity index (χ1) is 7.04. The fourth-order valence-corrected chi connectivity index (χ4v) is 5.75. The molecule has 2 atom stereocenters. The Morgan fingerprint density at radius 1 is 1.38 bits per heavy atom. The fourth-order valence-electron chi connectivity index (χ4n) is 3.33. The molecular weight excluding hydrogens is 343 g/mol. The third kappa shape index (κ3) is 1.42. The second-order valence-corrected chi connectivity index (χ2v) is 9.02. The quantitative estimate of drug-likeness (QED) is 0.465. The predicted octanol–water partition coefficient (Wildman–Crippen LogP) is 1.83. The largest absolute Gasteiger partial charge is 0.299 e. The third-order valence-corrected chi connectivity index (χ3v) is 7.79. The summed E-state index contributed by atoms with van der Waals surface area (Å²) in [6.07, 6.45) is 1.85. The highest BCUT2D eigenvalue weighted by Crippen LogP contribution is 2.69. The molecule has 4 nitrogen and oxygen atoms in total. The number of fused-ring (bicyclic) bond motifs is 2. The summed E-state index contributed by atoms with van der Waals surface area (Å²) in [4.78, 5) is 12.1. The highest BCUT2D eigenvalue weighted by molar-refractivity contribution is 14.1. The van der Waals surface area contributed by atoms with Gasteiger partial charge < -0.3 is 0 Å². The average molecular weight is 358 g/mol. The topological polar surface area (TPSA) is 71.4 Å². The number of ketones is 1. The molecular formula is C10H15IO4S. The maximum atomic E-state index is 12.1. The Kier molecular flexibility index (Phi) is 2.55. The van der Waals surface area contributed by atoms with E-state index < -0.39 is 21.3 Å². The van der Waals surface area contributed by atoms with Crippen molar-refractivity contribution in [3.8, 4) is 0 Å². The Balaban J connectivity index is 2.52. The molecule has 0 radical (unpaired) electrons. The molecule has 6 heteroatoms. The van der Waals surface area contributed by atoms with Crippen LogP contribution in [0.3, 0.4) is 0 Å². The van der Waals surface area contributed by atoms with Crippen LogP contribution in [-0.4, -0.2) is 27.9 Å². The number of hydrogen-bond acceptors (Lipinski definition) is 3. The van der Waals surface area contributed by atoms with Gasteiger partial charge in [0.1, 0.15) is 5.78 Å². The Morgan fingerprint density at radius 3 is 2.25 bits per heavy atom. The van der Waals surface area contributed by atoms with E-state index in [0.717, 1.165) is 6.42 Å². The summed E-state index contributed by atoms with van der Waals surface area (Å²) in [5.74, 6) is -0.424. The Hall–Kier alpha value is 0.310. The molecule has 2 unspecified atom stereocenters. The number of Topliss-reactive ketones (excluding diaryl/α,β-unsaturated/α-hetero) is 1. The van der Waals surface area contributed by atoms with Crippen molar-refractivity contribution in [2.24, 2.45) is 10.8 Å². The van der Waals surface area contributed by atoms with Crippen LogP contribution in [-0.2, 0) is 14.9 Å². The van der Waals surface area contributed by atoms with Crippen LogP contribution in [0.1, 0.15) is 33.1 Å². The summed E-state index contributed by atoms with van der Waals surface area (Å²) >= 11 is 2.29.